The standard InChI is InChI=1S/C13H15F3N2O2/c14-13(15,16)8-20-10-3-1-9(2-4-10)7-18-11(19)12(17)5-6-12/h1-4H,5-8,17H2,(H,18,19). The van der Waals surface area contributed by atoms with Crippen LogP contribution in [0.2, 0.25) is 0 Å². The molecular formula is C13H15F3N2O2. The van der Waals surface area contributed by atoms with Crippen LogP contribution in [0.15, 0.2) is 24.3 Å². The number of amides is 1. The Hall–Kier alpha value is -1.76. The molecule has 0 bridgehead atoms. The lowest BCUT2D eigenvalue weighted by Crippen LogP contribution is -2.42. The molecule has 3 N–H and O–H groups in total. The zero-order valence-electron chi connectivity index (χ0n) is 10.7. The molecule has 110 valence electrons. The van der Waals surface area contributed by atoms with Crippen LogP contribution in [-0.2, 0) is 11.3 Å². The normalized spacial score (nSPS) is 16.6. The molecule has 4 nitrogen and oxygen atoms in total. The van der Waals surface area contributed by atoms with Gasteiger partial charge >= 0.3 is 6.18 Å². The van der Waals surface area contributed by atoms with E-state index in [9.17, 15) is 18.0 Å². The molecule has 1 fully saturated rings. The van der Waals surface area contributed by atoms with E-state index >= 15 is 0 Å². The van der Waals surface area contributed by atoms with Gasteiger partial charge in [-0.05, 0) is 30.5 Å². The van der Waals surface area contributed by atoms with Crippen LogP contribution in [0.4, 0.5) is 13.2 Å². The van der Waals surface area contributed by atoms with Crippen molar-refractivity contribution < 1.29 is 22.7 Å². The van der Waals surface area contributed by atoms with Crippen LogP contribution in [0.3, 0.4) is 0 Å². The summed E-state index contributed by atoms with van der Waals surface area (Å²) < 4.78 is 40.5. The highest BCUT2D eigenvalue weighted by Crippen LogP contribution is 2.32. The lowest BCUT2D eigenvalue weighted by Gasteiger charge is -2.11. The Kier molecular flexibility index (Phi) is 3.89. The molecule has 7 heteroatoms. The first-order valence-corrected chi connectivity index (χ1v) is 6.14. The molecule has 20 heavy (non-hydrogen) atoms. The Balaban J connectivity index is 1.81. The fourth-order valence-electron chi connectivity index (χ4n) is 1.59. The zero-order chi connectivity index (χ0) is 14.8. The summed E-state index contributed by atoms with van der Waals surface area (Å²) in [5.74, 6) is -0.0650. The van der Waals surface area contributed by atoms with E-state index < -0.39 is 18.3 Å². The Bertz CT molecular complexity index is 481. The minimum Gasteiger partial charge on any atom is -0.484 e. The fraction of sp³-hybridized carbons (Fsp3) is 0.462. The largest absolute Gasteiger partial charge is 0.484 e. The second-order valence-corrected chi connectivity index (χ2v) is 4.89. The highest BCUT2D eigenvalue weighted by molar-refractivity contribution is 5.88. The van der Waals surface area contributed by atoms with Gasteiger partial charge in [-0.3, -0.25) is 4.79 Å². The molecule has 0 aromatic heterocycles. The summed E-state index contributed by atoms with van der Waals surface area (Å²) in [6.07, 6.45) is -2.99. The van der Waals surface area contributed by atoms with E-state index in [1.54, 1.807) is 12.1 Å². The van der Waals surface area contributed by atoms with Crippen molar-refractivity contribution >= 4 is 5.91 Å². The Morgan fingerprint density at radius 3 is 2.40 bits per heavy atom. The number of alkyl halides is 3. The monoisotopic (exact) mass is 288 g/mol. The van der Waals surface area contributed by atoms with Crippen LogP contribution in [-0.4, -0.2) is 24.2 Å². The maximum Gasteiger partial charge on any atom is 0.422 e. The maximum absolute atomic E-state index is 12.0. The van der Waals surface area contributed by atoms with Gasteiger partial charge in [0.05, 0.1) is 5.54 Å². The van der Waals surface area contributed by atoms with Crippen LogP contribution in [0, 0.1) is 0 Å². The summed E-state index contributed by atoms with van der Waals surface area (Å²) >= 11 is 0. The van der Waals surface area contributed by atoms with Gasteiger partial charge in [-0.1, -0.05) is 12.1 Å². The van der Waals surface area contributed by atoms with E-state index in [0.717, 1.165) is 5.56 Å². The number of rotatable bonds is 5. The SMILES string of the molecule is NC1(C(=O)NCc2ccc(OCC(F)(F)F)cc2)CC1. The van der Waals surface area contributed by atoms with Crippen molar-refractivity contribution in [2.75, 3.05) is 6.61 Å². The van der Waals surface area contributed by atoms with E-state index in [1.807, 2.05) is 0 Å². The van der Waals surface area contributed by atoms with E-state index in [1.165, 1.54) is 12.1 Å². The molecule has 0 saturated heterocycles. The number of hydrogen-bond donors (Lipinski definition) is 2. The number of carbonyl (C=O) groups excluding carboxylic acids is 1. The zero-order valence-corrected chi connectivity index (χ0v) is 10.7. The summed E-state index contributed by atoms with van der Waals surface area (Å²) in [6.45, 7) is -1.03. The molecule has 1 amide bonds. The number of nitrogens with one attached hydrogen (secondary N) is 1. The molecular weight excluding hydrogens is 273 g/mol. The minimum absolute atomic E-state index is 0.134. The Labute approximate surface area is 114 Å². The molecule has 1 aliphatic rings. The van der Waals surface area contributed by atoms with Crippen LogP contribution < -0.4 is 15.8 Å². The second-order valence-electron chi connectivity index (χ2n) is 4.89. The predicted octanol–water partition coefficient (Wildman–Crippen LogP) is 1.74. The van der Waals surface area contributed by atoms with Crippen molar-refractivity contribution in [3.8, 4) is 5.75 Å². The van der Waals surface area contributed by atoms with Crippen molar-refractivity contribution in [2.24, 2.45) is 5.73 Å². The van der Waals surface area contributed by atoms with E-state index in [-0.39, 0.29) is 18.2 Å². The van der Waals surface area contributed by atoms with Crippen molar-refractivity contribution in [2.45, 2.75) is 31.1 Å². The summed E-state index contributed by atoms with van der Waals surface area (Å²) in [4.78, 5) is 11.6. The first-order valence-electron chi connectivity index (χ1n) is 6.14. The number of benzene rings is 1. The maximum atomic E-state index is 12.0. The number of nitrogens with two attached hydrogens (primary N) is 1. The van der Waals surface area contributed by atoms with Gasteiger partial charge in [0.1, 0.15) is 5.75 Å². The van der Waals surface area contributed by atoms with Crippen LogP contribution in [0.5, 0.6) is 5.75 Å². The summed E-state index contributed by atoms with van der Waals surface area (Å²) in [6, 6.07) is 6.06. The number of ether oxygens (including phenoxy) is 1. The van der Waals surface area contributed by atoms with Gasteiger partial charge in [0.2, 0.25) is 5.91 Å². The smallest absolute Gasteiger partial charge is 0.422 e. The van der Waals surface area contributed by atoms with E-state index in [0.29, 0.717) is 12.8 Å². The molecule has 0 spiro atoms. The highest BCUT2D eigenvalue weighted by Gasteiger charge is 2.45. The van der Waals surface area contributed by atoms with Crippen molar-refractivity contribution in [3.63, 3.8) is 0 Å². The quantitative estimate of drug-likeness (QED) is 0.867. The lowest BCUT2D eigenvalue weighted by atomic mass is 10.2. The fourth-order valence-corrected chi connectivity index (χ4v) is 1.59. The molecule has 1 aromatic carbocycles. The molecule has 2 rings (SSSR count). The molecule has 0 aliphatic heterocycles. The van der Waals surface area contributed by atoms with Gasteiger partial charge in [-0.15, -0.1) is 0 Å². The number of carbonyl (C=O) groups is 1. The molecule has 0 heterocycles. The molecule has 1 aromatic rings. The van der Waals surface area contributed by atoms with Crippen molar-refractivity contribution in [1.82, 2.24) is 5.32 Å². The van der Waals surface area contributed by atoms with E-state index in [2.05, 4.69) is 10.1 Å². The topological polar surface area (TPSA) is 64.4 Å². The second kappa shape index (κ2) is 5.32. The van der Waals surface area contributed by atoms with Gasteiger partial charge in [0.25, 0.3) is 0 Å². The third kappa shape index (κ3) is 4.12. The van der Waals surface area contributed by atoms with Crippen molar-refractivity contribution in [3.05, 3.63) is 29.8 Å². The highest BCUT2D eigenvalue weighted by atomic mass is 19.4. The minimum atomic E-state index is -4.35. The van der Waals surface area contributed by atoms with E-state index in [4.69, 9.17) is 5.73 Å². The predicted molar refractivity (Wildman–Crippen MR) is 66.0 cm³/mol. The van der Waals surface area contributed by atoms with Crippen molar-refractivity contribution in [1.29, 1.82) is 0 Å². The lowest BCUT2D eigenvalue weighted by molar-refractivity contribution is -0.153. The van der Waals surface area contributed by atoms with Gasteiger partial charge in [-0.25, -0.2) is 0 Å². The average molecular weight is 288 g/mol. The van der Waals surface area contributed by atoms with Crippen LogP contribution in [0.1, 0.15) is 18.4 Å². The number of hydrogen-bond acceptors (Lipinski definition) is 3. The molecule has 0 atom stereocenters. The van der Waals surface area contributed by atoms with Gasteiger partial charge < -0.3 is 15.8 Å². The first kappa shape index (κ1) is 14.6. The summed E-state index contributed by atoms with van der Waals surface area (Å²) in [7, 11) is 0. The number of halogens is 3. The Morgan fingerprint density at radius 2 is 1.90 bits per heavy atom. The van der Waals surface area contributed by atoms with Gasteiger partial charge in [-0.2, -0.15) is 13.2 Å². The summed E-state index contributed by atoms with van der Waals surface area (Å²) in [5, 5.41) is 2.69. The first-order chi connectivity index (χ1) is 9.28. The third-order valence-corrected chi connectivity index (χ3v) is 3.02. The third-order valence-electron chi connectivity index (χ3n) is 3.02. The average Bonchev–Trinajstić information content (AvgIpc) is 3.13. The van der Waals surface area contributed by atoms with Gasteiger partial charge in [0.15, 0.2) is 6.61 Å². The Morgan fingerprint density at radius 1 is 1.30 bits per heavy atom. The van der Waals surface area contributed by atoms with Crippen LogP contribution >= 0.6 is 0 Å². The molecule has 0 unspecified atom stereocenters. The van der Waals surface area contributed by atoms with Crippen LogP contribution in [0.25, 0.3) is 0 Å². The summed E-state index contributed by atoms with van der Waals surface area (Å²) in [5.41, 5.74) is 5.76. The molecule has 1 aliphatic carbocycles. The van der Waals surface area contributed by atoms with Gasteiger partial charge in [0, 0.05) is 6.54 Å². The molecule has 1 saturated carbocycles. The molecule has 0 radical (unpaired) electrons.